The van der Waals surface area contributed by atoms with Gasteiger partial charge in [-0.2, -0.15) is 9.57 Å². The zero-order valence-electron chi connectivity index (χ0n) is 14.0. The van der Waals surface area contributed by atoms with Gasteiger partial charge in [0.2, 0.25) is 5.91 Å². The molecule has 8 nitrogen and oxygen atoms in total. The SMILES string of the molecule is Cc1ccc(S(=O)(=O)N2CCC[C@@H](C(=O)Nc3cnc(C#N)cn3)C2)s1. The summed E-state index contributed by atoms with van der Waals surface area (Å²) in [7, 11) is -3.58. The van der Waals surface area contributed by atoms with Gasteiger partial charge in [0.25, 0.3) is 10.0 Å². The van der Waals surface area contributed by atoms with Crippen molar-refractivity contribution in [1.82, 2.24) is 14.3 Å². The van der Waals surface area contributed by atoms with Gasteiger partial charge in [-0.05, 0) is 31.9 Å². The quantitative estimate of drug-likeness (QED) is 0.849. The van der Waals surface area contributed by atoms with Gasteiger partial charge in [-0.1, -0.05) is 0 Å². The molecule has 2 aromatic rings. The van der Waals surface area contributed by atoms with Crippen molar-refractivity contribution in [2.45, 2.75) is 24.0 Å². The second kappa shape index (κ2) is 7.49. The number of nitrogens with zero attached hydrogens (tertiary/aromatic N) is 4. The summed E-state index contributed by atoms with van der Waals surface area (Å²) < 4.78 is 27.2. The van der Waals surface area contributed by atoms with Gasteiger partial charge in [-0.15, -0.1) is 11.3 Å². The molecule has 0 aliphatic carbocycles. The van der Waals surface area contributed by atoms with E-state index in [9.17, 15) is 13.2 Å². The standard InChI is InChI=1S/C16H17N5O3S2/c1-11-4-5-15(25-11)26(23,24)21-6-2-3-12(10-21)16(22)20-14-9-18-13(7-17)8-19-14/h4-5,8-9,12H,2-3,6,10H2,1H3,(H,19,20,22)/t12-/m1/s1. The van der Waals surface area contributed by atoms with E-state index in [1.807, 2.05) is 13.0 Å². The van der Waals surface area contributed by atoms with E-state index in [2.05, 4.69) is 15.3 Å². The van der Waals surface area contributed by atoms with Crippen LogP contribution in [0.5, 0.6) is 0 Å². The number of carbonyl (C=O) groups is 1. The molecule has 2 aromatic heterocycles. The Morgan fingerprint density at radius 2 is 2.19 bits per heavy atom. The Morgan fingerprint density at radius 1 is 1.38 bits per heavy atom. The summed E-state index contributed by atoms with van der Waals surface area (Å²) in [6.45, 7) is 2.39. The van der Waals surface area contributed by atoms with E-state index < -0.39 is 15.9 Å². The van der Waals surface area contributed by atoms with Gasteiger partial charge in [-0.3, -0.25) is 4.79 Å². The van der Waals surface area contributed by atoms with E-state index in [0.717, 1.165) is 4.88 Å². The molecule has 0 spiro atoms. The largest absolute Gasteiger partial charge is 0.309 e. The van der Waals surface area contributed by atoms with Gasteiger partial charge < -0.3 is 5.32 Å². The molecule has 1 fully saturated rings. The Hall–Kier alpha value is -2.35. The molecule has 10 heteroatoms. The number of rotatable bonds is 4. The lowest BCUT2D eigenvalue weighted by Crippen LogP contribution is -2.43. The van der Waals surface area contributed by atoms with Crippen LogP contribution in [0.25, 0.3) is 0 Å². The van der Waals surface area contributed by atoms with Crippen LogP contribution in [0.3, 0.4) is 0 Å². The van der Waals surface area contributed by atoms with Gasteiger partial charge in [-0.25, -0.2) is 18.4 Å². The van der Waals surface area contributed by atoms with E-state index in [1.165, 1.54) is 28.0 Å². The van der Waals surface area contributed by atoms with Crippen LogP contribution >= 0.6 is 11.3 Å². The number of aromatic nitrogens is 2. The zero-order chi connectivity index (χ0) is 18.7. The summed E-state index contributed by atoms with van der Waals surface area (Å²) in [6, 6.07) is 5.23. The number of carbonyl (C=O) groups excluding carboxylic acids is 1. The van der Waals surface area contributed by atoms with Crippen LogP contribution in [0.15, 0.2) is 28.7 Å². The van der Waals surface area contributed by atoms with E-state index in [1.54, 1.807) is 12.1 Å². The van der Waals surface area contributed by atoms with E-state index >= 15 is 0 Å². The predicted molar refractivity (Wildman–Crippen MR) is 95.9 cm³/mol. The number of hydrogen-bond donors (Lipinski definition) is 1. The van der Waals surface area contributed by atoms with Gasteiger partial charge in [0.15, 0.2) is 11.5 Å². The maximum absolute atomic E-state index is 12.7. The third-order valence-corrected chi connectivity index (χ3v) is 7.42. The first-order valence-corrected chi connectivity index (χ1v) is 10.3. The van der Waals surface area contributed by atoms with Crippen LogP contribution in [-0.2, 0) is 14.8 Å². The molecule has 1 atom stereocenters. The molecular formula is C16H17N5O3S2. The Labute approximate surface area is 155 Å². The van der Waals surface area contributed by atoms with Crippen molar-refractivity contribution in [3.05, 3.63) is 35.1 Å². The van der Waals surface area contributed by atoms with Gasteiger partial charge in [0.1, 0.15) is 10.3 Å². The monoisotopic (exact) mass is 391 g/mol. The Kier molecular flexibility index (Phi) is 5.31. The van der Waals surface area contributed by atoms with Crippen LogP contribution in [0.4, 0.5) is 5.82 Å². The maximum atomic E-state index is 12.7. The number of amides is 1. The van der Waals surface area contributed by atoms with Crippen LogP contribution in [0.1, 0.15) is 23.4 Å². The molecule has 1 amide bonds. The smallest absolute Gasteiger partial charge is 0.252 e. The number of nitrogens with one attached hydrogen (secondary N) is 1. The van der Waals surface area contributed by atoms with Gasteiger partial charge in [0.05, 0.1) is 18.3 Å². The van der Waals surface area contributed by atoms with E-state index in [-0.39, 0.29) is 24.0 Å². The molecule has 3 rings (SSSR count). The minimum absolute atomic E-state index is 0.134. The summed E-state index contributed by atoms with van der Waals surface area (Å²) in [6.07, 6.45) is 3.79. The molecule has 1 aliphatic heterocycles. The highest BCUT2D eigenvalue weighted by Crippen LogP contribution is 2.28. The highest BCUT2D eigenvalue weighted by atomic mass is 32.2. The lowest BCUT2D eigenvalue weighted by Gasteiger charge is -2.30. The molecule has 3 heterocycles. The zero-order valence-corrected chi connectivity index (χ0v) is 15.7. The van der Waals surface area contributed by atoms with Crippen molar-refractivity contribution in [2.75, 3.05) is 18.4 Å². The molecule has 0 unspecified atom stereocenters. The fourth-order valence-electron chi connectivity index (χ4n) is 2.73. The minimum atomic E-state index is -3.58. The van der Waals surface area contributed by atoms with Crippen molar-refractivity contribution >= 4 is 33.1 Å². The average Bonchev–Trinajstić information content (AvgIpc) is 3.10. The fourth-order valence-corrected chi connectivity index (χ4v) is 5.69. The first kappa shape index (κ1) is 18.4. The molecule has 0 radical (unpaired) electrons. The number of sulfonamides is 1. The van der Waals surface area contributed by atoms with Gasteiger partial charge >= 0.3 is 0 Å². The molecule has 0 bridgehead atoms. The summed E-state index contributed by atoms with van der Waals surface area (Å²) in [5.74, 6) is -0.522. The lowest BCUT2D eigenvalue weighted by molar-refractivity contribution is -0.120. The predicted octanol–water partition coefficient (Wildman–Crippen LogP) is 1.76. The van der Waals surface area contributed by atoms with Gasteiger partial charge in [0, 0.05) is 18.0 Å². The van der Waals surface area contributed by atoms with E-state index in [4.69, 9.17) is 5.26 Å². The van der Waals surface area contributed by atoms with Crippen molar-refractivity contribution in [2.24, 2.45) is 5.92 Å². The first-order chi connectivity index (χ1) is 12.4. The normalized spacial score (nSPS) is 18.2. The molecule has 1 saturated heterocycles. The third-order valence-electron chi connectivity index (χ3n) is 4.08. The van der Waals surface area contributed by atoms with Crippen LogP contribution < -0.4 is 5.32 Å². The van der Waals surface area contributed by atoms with Crippen molar-refractivity contribution in [1.29, 1.82) is 5.26 Å². The second-order valence-corrected chi connectivity index (χ2v) is 9.41. The van der Waals surface area contributed by atoms with Crippen molar-refractivity contribution in [3.63, 3.8) is 0 Å². The number of hydrogen-bond acceptors (Lipinski definition) is 7. The number of piperidine rings is 1. The highest BCUT2D eigenvalue weighted by molar-refractivity contribution is 7.91. The Morgan fingerprint density at radius 3 is 2.81 bits per heavy atom. The van der Waals surface area contributed by atoms with E-state index in [0.29, 0.717) is 23.6 Å². The number of thiophene rings is 1. The average molecular weight is 391 g/mol. The van der Waals surface area contributed by atoms with Crippen LogP contribution in [-0.4, -0.2) is 41.7 Å². The van der Waals surface area contributed by atoms with Crippen molar-refractivity contribution < 1.29 is 13.2 Å². The number of nitriles is 1. The summed E-state index contributed by atoms with van der Waals surface area (Å²) in [5.41, 5.74) is 0.157. The lowest BCUT2D eigenvalue weighted by atomic mass is 9.99. The fraction of sp³-hybridized carbons (Fsp3) is 0.375. The Balaban J connectivity index is 1.69. The molecule has 1 aliphatic rings. The molecule has 0 aromatic carbocycles. The number of anilines is 1. The molecule has 1 N–H and O–H groups in total. The van der Waals surface area contributed by atoms with Crippen molar-refractivity contribution in [3.8, 4) is 6.07 Å². The molecular weight excluding hydrogens is 374 g/mol. The topological polar surface area (TPSA) is 116 Å². The van der Waals surface area contributed by atoms with Crippen LogP contribution in [0, 0.1) is 24.2 Å². The van der Waals surface area contributed by atoms with Crippen LogP contribution in [0.2, 0.25) is 0 Å². The molecule has 0 saturated carbocycles. The Bertz CT molecular complexity index is 947. The summed E-state index contributed by atoms with van der Waals surface area (Å²) >= 11 is 1.23. The number of aryl methyl sites for hydroxylation is 1. The minimum Gasteiger partial charge on any atom is -0.309 e. The summed E-state index contributed by atoms with van der Waals surface area (Å²) in [4.78, 5) is 21.2. The first-order valence-electron chi connectivity index (χ1n) is 8.00. The molecule has 26 heavy (non-hydrogen) atoms. The molecule has 136 valence electrons. The maximum Gasteiger partial charge on any atom is 0.252 e. The third kappa shape index (κ3) is 3.90. The highest BCUT2D eigenvalue weighted by Gasteiger charge is 2.34. The second-order valence-electron chi connectivity index (χ2n) is 5.96. The summed E-state index contributed by atoms with van der Waals surface area (Å²) in [5, 5.41) is 11.4.